The number of hydrogen-bond acceptors (Lipinski definition) is 4. The van der Waals surface area contributed by atoms with Crippen molar-refractivity contribution in [2.75, 3.05) is 13.1 Å². The molecule has 0 saturated carbocycles. The van der Waals surface area contributed by atoms with Crippen LogP contribution in [-0.4, -0.2) is 34.0 Å². The minimum absolute atomic E-state index is 0.192. The molecule has 102 valence electrons. The summed E-state index contributed by atoms with van der Waals surface area (Å²) < 4.78 is 13.8. The van der Waals surface area contributed by atoms with Crippen LogP contribution < -0.4 is 0 Å². The second-order valence-electron chi connectivity index (χ2n) is 4.57. The molecule has 1 fully saturated rings. The molecule has 2 rings (SSSR count). The lowest BCUT2D eigenvalue weighted by Crippen LogP contribution is -2.23. The molecule has 6 nitrogen and oxygen atoms in total. The Balaban J connectivity index is 2.10. The van der Waals surface area contributed by atoms with Gasteiger partial charge >= 0.3 is 11.7 Å². The van der Waals surface area contributed by atoms with Gasteiger partial charge in [-0.25, -0.2) is 0 Å². The van der Waals surface area contributed by atoms with Crippen LogP contribution in [0.25, 0.3) is 0 Å². The number of nitro benzene ring substituents is 1. The zero-order chi connectivity index (χ0) is 14.0. The Kier molecular flexibility index (Phi) is 3.75. The minimum atomic E-state index is -0.859. The van der Waals surface area contributed by atoms with Crippen LogP contribution in [0.3, 0.4) is 0 Å². The Hall–Kier alpha value is -2.02. The number of carbonyl (C=O) groups is 1. The SMILES string of the molecule is O=C(O)C1CCN(Cc2cccc([N+](=O)[O-])c2F)C1. The lowest BCUT2D eigenvalue weighted by molar-refractivity contribution is -0.387. The molecule has 1 saturated heterocycles. The maximum Gasteiger partial charge on any atom is 0.307 e. The number of hydrogen-bond donors (Lipinski definition) is 1. The third kappa shape index (κ3) is 2.87. The highest BCUT2D eigenvalue weighted by molar-refractivity contribution is 5.70. The van der Waals surface area contributed by atoms with Crippen LogP contribution in [0.2, 0.25) is 0 Å². The fraction of sp³-hybridized carbons (Fsp3) is 0.417. The first kappa shape index (κ1) is 13.4. The van der Waals surface area contributed by atoms with Gasteiger partial charge in [0.2, 0.25) is 5.82 Å². The quantitative estimate of drug-likeness (QED) is 0.663. The predicted octanol–water partition coefficient (Wildman–Crippen LogP) is 1.64. The molecule has 0 bridgehead atoms. The van der Waals surface area contributed by atoms with Gasteiger partial charge in [-0.2, -0.15) is 4.39 Å². The molecule has 7 heteroatoms. The maximum atomic E-state index is 13.8. The lowest BCUT2D eigenvalue weighted by Gasteiger charge is -2.15. The Morgan fingerprint density at radius 2 is 2.32 bits per heavy atom. The zero-order valence-corrected chi connectivity index (χ0v) is 10.1. The summed E-state index contributed by atoms with van der Waals surface area (Å²) in [6.07, 6.45) is 0.520. The largest absolute Gasteiger partial charge is 0.481 e. The van der Waals surface area contributed by atoms with E-state index in [1.165, 1.54) is 12.1 Å². The summed E-state index contributed by atoms with van der Waals surface area (Å²) in [5.74, 6) is -2.14. The second-order valence-corrected chi connectivity index (χ2v) is 4.57. The summed E-state index contributed by atoms with van der Waals surface area (Å²) >= 11 is 0. The lowest BCUT2D eigenvalue weighted by atomic mass is 10.1. The van der Waals surface area contributed by atoms with Crippen molar-refractivity contribution >= 4 is 11.7 Å². The van der Waals surface area contributed by atoms with E-state index in [2.05, 4.69) is 0 Å². The molecular weight excluding hydrogens is 255 g/mol. The Morgan fingerprint density at radius 3 is 2.89 bits per heavy atom. The molecule has 1 aliphatic heterocycles. The van der Waals surface area contributed by atoms with Crippen LogP contribution in [0.4, 0.5) is 10.1 Å². The van der Waals surface area contributed by atoms with Crippen molar-refractivity contribution in [3.63, 3.8) is 0 Å². The molecule has 0 aliphatic carbocycles. The van der Waals surface area contributed by atoms with E-state index in [1.54, 1.807) is 4.90 Å². The van der Waals surface area contributed by atoms with Crippen LogP contribution in [0.5, 0.6) is 0 Å². The van der Waals surface area contributed by atoms with Gasteiger partial charge in [-0.3, -0.25) is 19.8 Å². The molecule has 19 heavy (non-hydrogen) atoms. The highest BCUT2D eigenvalue weighted by atomic mass is 19.1. The normalized spacial score (nSPS) is 19.5. The molecule has 1 N–H and O–H groups in total. The average Bonchev–Trinajstić information content (AvgIpc) is 2.80. The van der Waals surface area contributed by atoms with Crippen molar-refractivity contribution in [2.24, 2.45) is 5.92 Å². The number of carboxylic acids is 1. The first-order chi connectivity index (χ1) is 8.99. The van der Waals surface area contributed by atoms with Crippen LogP contribution in [0, 0.1) is 21.8 Å². The Morgan fingerprint density at radius 1 is 1.58 bits per heavy atom. The third-order valence-corrected chi connectivity index (χ3v) is 3.27. The molecule has 0 radical (unpaired) electrons. The van der Waals surface area contributed by atoms with Crippen LogP contribution in [0.1, 0.15) is 12.0 Å². The van der Waals surface area contributed by atoms with E-state index in [1.807, 2.05) is 0 Å². The molecule has 1 aromatic rings. The van der Waals surface area contributed by atoms with Gasteiger partial charge in [0, 0.05) is 24.7 Å². The van der Waals surface area contributed by atoms with E-state index in [4.69, 9.17) is 5.11 Å². The van der Waals surface area contributed by atoms with Crippen molar-refractivity contribution in [3.05, 3.63) is 39.7 Å². The smallest absolute Gasteiger partial charge is 0.307 e. The molecule has 1 aromatic carbocycles. The van der Waals surface area contributed by atoms with E-state index < -0.39 is 28.3 Å². The molecule has 1 aliphatic rings. The highest BCUT2D eigenvalue weighted by Crippen LogP contribution is 2.24. The summed E-state index contributed by atoms with van der Waals surface area (Å²) in [5.41, 5.74) is -0.327. The number of likely N-dealkylation sites (tertiary alicyclic amines) is 1. The Bertz CT molecular complexity index is 520. The van der Waals surface area contributed by atoms with E-state index in [9.17, 15) is 19.3 Å². The minimum Gasteiger partial charge on any atom is -0.481 e. The van der Waals surface area contributed by atoms with Gasteiger partial charge in [0.05, 0.1) is 10.8 Å². The fourth-order valence-corrected chi connectivity index (χ4v) is 2.25. The number of halogens is 1. The molecular formula is C12H13FN2O4. The predicted molar refractivity (Wildman–Crippen MR) is 64.1 cm³/mol. The van der Waals surface area contributed by atoms with Gasteiger partial charge in [-0.05, 0) is 13.0 Å². The van der Waals surface area contributed by atoms with E-state index in [0.717, 1.165) is 6.07 Å². The van der Waals surface area contributed by atoms with Crippen molar-refractivity contribution in [3.8, 4) is 0 Å². The number of aliphatic carboxylic acids is 1. The maximum absolute atomic E-state index is 13.8. The summed E-state index contributed by atoms with van der Waals surface area (Å²) in [6, 6.07) is 4.03. The average molecular weight is 268 g/mol. The van der Waals surface area contributed by atoms with Gasteiger partial charge < -0.3 is 5.11 Å². The van der Waals surface area contributed by atoms with E-state index in [0.29, 0.717) is 19.5 Å². The van der Waals surface area contributed by atoms with Crippen molar-refractivity contribution in [1.29, 1.82) is 0 Å². The van der Waals surface area contributed by atoms with Crippen LogP contribution in [-0.2, 0) is 11.3 Å². The van der Waals surface area contributed by atoms with Crippen LogP contribution >= 0.6 is 0 Å². The topological polar surface area (TPSA) is 83.7 Å². The number of carboxylic acid groups (broad SMARTS) is 1. The summed E-state index contributed by atoms with van der Waals surface area (Å²) in [6.45, 7) is 1.09. The number of nitro groups is 1. The van der Waals surface area contributed by atoms with Gasteiger partial charge in [-0.15, -0.1) is 0 Å². The molecule has 0 aromatic heterocycles. The van der Waals surface area contributed by atoms with Crippen molar-refractivity contribution < 1.29 is 19.2 Å². The monoisotopic (exact) mass is 268 g/mol. The fourth-order valence-electron chi connectivity index (χ4n) is 2.25. The van der Waals surface area contributed by atoms with E-state index in [-0.39, 0.29) is 12.1 Å². The van der Waals surface area contributed by atoms with Crippen molar-refractivity contribution in [1.82, 2.24) is 4.90 Å². The Labute approximate surface area is 108 Å². The van der Waals surface area contributed by atoms with Gasteiger partial charge in [0.25, 0.3) is 0 Å². The standard InChI is InChI=1S/C12H13FN2O4/c13-11-8(2-1-3-10(11)15(18)19)6-14-5-4-9(7-14)12(16)17/h1-3,9H,4-7H2,(H,16,17). The summed E-state index contributed by atoms with van der Waals surface area (Å²) in [7, 11) is 0. The number of benzene rings is 1. The molecule has 1 unspecified atom stereocenters. The van der Waals surface area contributed by atoms with E-state index >= 15 is 0 Å². The van der Waals surface area contributed by atoms with Crippen LogP contribution in [0.15, 0.2) is 18.2 Å². The molecule has 0 spiro atoms. The number of rotatable bonds is 4. The zero-order valence-electron chi connectivity index (χ0n) is 10.1. The summed E-state index contributed by atoms with van der Waals surface area (Å²) in [4.78, 5) is 22.5. The third-order valence-electron chi connectivity index (χ3n) is 3.27. The second kappa shape index (κ2) is 5.31. The van der Waals surface area contributed by atoms with Gasteiger partial charge in [0.1, 0.15) is 0 Å². The van der Waals surface area contributed by atoms with Gasteiger partial charge in [-0.1, -0.05) is 12.1 Å². The number of nitrogens with zero attached hydrogens (tertiary/aromatic N) is 2. The molecule has 1 atom stereocenters. The molecule has 1 heterocycles. The highest BCUT2D eigenvalue weighted by Gasteiger charge is 2.29. The first-order valence-electron chi connectivity index (χ1n) is 5.86. The van der Waals surface area contributed by atoms with Crippen molar-refractivity contribution in [2.45, 2.75) is 13.0 Å². The summed E-state index contributed by atoms with van der Waals surface area (Å²) in [5, 5.41) is 19.5. The van der Waals surface area contributed by atoms with Gasteiger partial charge in [0.15, 0.2) is 0 Å². The molecule has 0 amide bonds. The first-order valence-corrected chi connectivity index (χ1v) is 5.86.